The Bertz CT molecular complexity index is 1040. The van der Waals surface area contributed by atoms with Gasteiger partial charge in [-0.1, -0.05) is 6.92 Å². The summed E-state index contributed by atoms with van der Waals surface area (Å²) < 4.78 is 56.0. The average Bonchev–Trinajstić information content (AvgIpc) is 3.12. The Morgan fingerprint density at radius 3 is 2.50 bits per heavy atom. The van der Waals surface area contributed by atoms with E-state index in [2.05, 4.69) is 0 Å². The fraction of sp³-hybridized carbons (Fsp3) is 0.560. The van der Waals surface area contributed by atoms with E-state index in [1.807, 2.05) is 6.92 Å². The number of amides is 1. The zero-order chi connectivity index (χ0) is 25.5. The minimum atomic E-state index is -4.50. The highest BCUT2D eigenvalue weighted by Gasteiger charge is 2.42. The maximum atomic E-state index is 13.1. The zero-order valence-electron chi connectivity index (χ0n) is 20.4. The molecule has 188 valence electrons. The third-order valence-corrected chi connectivity index (χ3v) is 6.02. The van der Waals surface area contributed by atoms with Crippen molar-refractivity contribution >= 4 is 6.09 Å². The van der Waals surface area contributed by atoms with Gasteiger partial charge in [0.25, 0.3) is 0 Å². The number of benzene rings is 1. The van der Waals surface area contributed by atoms with E-state index in [4.69, 9.17) is 13.9 Å². The first kappa shape index (κ1) is 25.9. The highest BCUT2D eigenvalue weighted by molar-refractivity contribution is 5.70. The smallest absolute Gasteiger partial charge is 0.416 e. The Morgan fingerprint density at radius 2 is 1.91 bits per heavy atom. The number of halogens is 3. The lowest BCUT2D eigenvalue weighted by molar-refractivity contribution is -0.137. The molecular weight excluding hydrogens is 451 g/mol. The Hall–Kier alpha value is -2.68. The number of hydrogen-bond acceptors (Lipinski definition) is 5. The molecule has 0 bridgehead atoms. The standard InChI is InChI=1S/C25H32F3NO5/c1-15-12-19(33-20(15)17-9-8-16(25(26,27)28)13-18(17)32-6)21(30)24(5)10-7-11-29(14-24)22(31)34-23(2,3)4/h8-9,12-13,21,30H,7,10-11,14H2,1-6H3/t21-,24+/m0/s1. The third kappa shape index (κ3) is 5.51. The second-order valence-electron chi connectivity index (χ2n) is 10.1. The van der Waals surface area contributed by atoms with Gasteiger partial charge in [-0.2, -0.15) is 13.2 Å². The van der Waals surface area contributed by atoms with Gasteiger partial charge in [0, 0.05) is 18.5 Å². The molecule has 0 unspecified atom stereocenters. The van der Waals surface area contributed by atoms with Crippen molar-refractivity contribution in [3.05, 3.63) is 41.2 Å². The van der Waals surface area contributed by atoms with Crippen molar-refractivity contribution in [2.45, 2.75) is 65.3 Å². The van der Waals surface area contributed by atoms with E-state index in [0.29, 0.717) is 36.3 Å². The number of carbonyl (C=O) groups excluding carboxylic acids is 1. The van der Waals surface area contributed by atoms with Crippen LogP contribution in [-0.4, -0.2) is 41.9 Å². The van der Waals surface area contributed by atoms with Gasteiger partial charge in [-0.05, 0) is 70.4 Å². The van der Waals surface area contributed by atoms with Crippen LogP contribution in [0.5, 0.6) is 5.75 Å². The first-order valence-corrected chi connectivity index (χ1v) is 11.2. The van der Waals surface area contributed by atoms with E-state index >= 15 is 0 Å². The molecule has 9 heteroatoms. The van der Waals surface area contributed by atoms with Gasteiger partial charge in [-0.25, -0.2) is 4.79 Å². The van der Waals surface area contributed by atoms with E-state index < -0.39 is 35.0 Å². The van der Waals surface area contributed by atoms with Crippen molar-refractivity contribution in [2.75, 3.05) is 20.2 Å². The maximum absolute atomic E-state index is 13.1. The number of ether oxygens (including phenoxy) is 2. The predicted molar refractivity (Wildman–Crippen MR) is 121 cm³/mol. The molecule has 1 N–H and O–H groups in total. The van der Waals surface area contributed by atoms with Crippen LogP contribution < -0.4 is 4.74 Å². The molecule has 34 heavy (non-hydrogen) atoms. The fourth-order valence-electron chi connectivity index (χ4n) is 4.28. The van der Waals surface area contributed by atoms with Crippen LogP contribution in [-0.2, 0) is 10.9 Å². The molecule has 0 radical (unpaired) electrons. The summed E-state index contributed by atoms with van der Waals surface area (Å²) in [6.07, 6.45) is -4.62. The molecule has 1 aliphatic heterocycles. The molecule has 1 aromatic heterocycles. The third-order valence-electron chi connectivity index (χ3n) is 6.02. The summed E-state index contributed by atoms with van der Waals surface area (Å²) in [6, 6.07) is 4.87. The molecule has 2 aromatic rings. The normalized spacial score (nSPS) is 20.2. The number of nitrogens with zero attached hydrogens (tertiary/aromatic N) is 1. The van der Waals surface area contributed by atoms with Crippen molar-refractivity contribution in [3.8, 4) is 17.1 Å². The van der Waals surface area contributed by atoms with E-state index in [1.165, 1.54) is 13.2 Å². The van der Waals surface area contributed by atoms with Crippen LogP contribution in [0.25, 0.3) is 11.3 Å². The SMILES string of the molecule is COc1cc(C(F)(F)F)ccc1-c1oc([C@H](O)[C@]2(C)CCCN(C(=O)OC(C)(C)C)C2)cc1C. The van der Waals surface area contributed by atoms with Crippen LogP contribution >= 0.6 is 0 Å². The molecule has 2 heterocycles. The predicted octanol–water partition coefficient (Wildman–Crippen LogP) is 6.35. The number of aliphatic hydroxyl groups is 1. The number of carbonyl (C=O) groups is 1. The van der Waals surface area contributed by atoms with Gasteiger partial charge in [-0.3, -0.25) is 0 Å². The highest BCUT2D eigenvalue weighted by Crippen LogP contribution is 2.45. The average molecular weight is 484 g/mol. The Kier molecular flexibility index (Phi) is 6.99. The molecule has 0 aliphatic carbocycles. The Labute approximate surface area is 197 Å². The number of likely N-dealkylation sites (tertiary alicyclic amines) is 1. The van der Waals surface area contributed by atoms with Crippen molar-refractivity contribution in [2.24, 2.45) is 5.41 Å². The molecule has 1 aliphatic rings. The number of furan rings is 1. The molecule has 3 rings (SSSR count). The van der Waals surface area contributed by atoms with Gasteiger partial charge >= 0.3 is 12.3 Å². The van der Waals surface area contributed by atoms with Crippen molar-refractivity contribution in [1.29, 1.82) is 0 Å². The van der Waals surface area contributed by atoms with Gasteiger partial charge in [0.05, 0.1) is 18.2 Å². The zero-order valence-corrected chi connectivity index (χ0v) is 20.4. The lowest BCUT2D eigenvalue weighted by atomic mass is 9.76. The van der Waals surface area contributed by atoms with Gasteiger partial charge < -0.3 is 23.9 Å². The lowest BCUT2D eigenvalue weighted by Gasteiger charge is -2.42. The molecule has 1 amide bonds. The Morgan fingerprint density at radius 1 is 1.24 bits per heavy atom. The van der Waals surface area contributed by atoms with Crippen LogP contribution in [0.4, 0.5) is 18.0 Å². The second kappa shape index (κ2) is 9.17. The summed E-state index contributed by atoms with van der Waals surface area (Å²) >= 11 is 0. The number of aliphatic hydroxyl groups excluding tert-OH is 1. The maximum Gasteiger partial charge on any atom is 0.416 e. The number of piperidine rings is 1. The topological polar surface area (TPSA) is 72.1 Å². The van der Waals surface area contributed by atoms with E-state index in [9.17, 15) is 23.1 Å². The molecule has 1 aromatic carbocycles. The quantitative estimate of drug-likeness (QED) is 0.548. The van der Waals surface area contributed by atoms with E-state index in [0.717, 1.165) is 12.1 Å². The molecule has 1 fully saturated rings. The van der Waals surface area contributed by atoms with E-state index in [1.54, 1.807) is 38.7 Å². The van der Waals surface area contributed by atoms with Crippen LogP contribution in [0.15, 0.2) is 28.7 Å². The van der Waals surface area contributed by atoms with Crippen molar-refractivity contribution in [3.63, 3.8) is 0 Å². The summed E-state index contributed by atoms with van der Waals surface area (Å²) in [7, 11) is 1.29. The van der Waals surface area contributed by atoms with Crippen LogP contribution in [0.3, 0.4) is 0 Å². The minimum absolute atomic E-state index is 0.0216. The van der Waals surface area contributed by atoms with Gasteiger partial charge in [0.1, 0.15) is 29.0 Å². The first-order chi connectivity index (χ1) is 15.6. The van der Waals surface area contributed by atoms with E-state index in [-0.39, 0.29) is 18.1 Å². The van der Waals surface area contributed by atoms with Crippen molar-refractivity contribution < 1.29 is 37.0 Å². The fourth-order valence-corrected chi connectivity index (χ4v) is 4.28. The number of rotatable bonds is 4. The molecule has 0 spiro atoms. The monoisotopic (exact) mass is 483 g/mol. The van der Waals surface area contributed by atoms with Crippen LogP contribution in [0, 0.1) is 12.3 Å². The highest BCUT2D eigenvalue weighted by atomic mass is 19.4. The van der Waals surface area contributed by atoms with Gasteiger partial charge in [0.2, 0.25) is 0 Å². The molecular formula is C25H32F3NO5. The Balaban J connectivity index is 1.88. The summed E-state index contributed by atoms with van der Waals surface area (Å²) in [4.78, 5) is 14.2. The minimum Gasteiger partial charge on any atom is -0.496 e. The van der Waals surface area contributed by atoms with Crippen molar-refractivity contribution in [1.82, 2.24) is 4.90 Å². The molecule has 0 saturated carbocycles. The summed E-state index contributed by atoms with van der Waals surface area (Å²) in [6.45, 7) is 9.83. The van der Waals surface area contributed by atoms with Crippen LogP contribution in [0.2, 0.25) is 0 Å². The van der Waals surface area contributed by atoms with Gasteiger partial charge in [-0.15, -0.1) is 0 Å². The summed E-state index contributed by atoms with van der Waals surface area (Å²) in [5.41, 5.74) is -1.14. The summed E-state index contributed by atoms with van der Waals surface area (Å²) in [5, 5.41) is 11.2. The molecule has 2 atom stereocenters. The lowest BCUT2D eigenvalue weighted by Crippen LogP contribution is -2.48. The number of hydrogen-bond donors (Lipinski definition) is 1. The largest absolute Gasteiger partial charge is 0.496 e. The second-order valence-corrected chi connectivity index (χ2v) is 10.1. The molecule has 6 nitrogen and oxygen atoms in total. The molecule has 1 saturated heterocycles. The number of alkyl halides is 3. The number of aryl methyl sites for hydroxylation is 1. The summed E-state index contributed by atoms with van der Waals surface area (Å²) in [5.74, 6) is 0.624. The van der Waals surface area contributed by atoms with Gasteiger partial charge in [0.15, 0.2) is 0 Å². The first-order valence-electron chi connectivity index (χ1n) is 11.2. The van der Waals surface area contributed by atoms with Crippen LogP contribution in [0.1, 0.15) is 63.5 Å². The number of methoxy groups -OCH3 is 1.